The fourth-order valence-electron chi connectivity index (χ4n) is 1.80. The van der Waals surface area contributed by atoms with Crippen LogP contribution in [0.4, 0.5) is 0 Å². The number of hydrogen-bond acceptors (Lipinski definition) is 6. The molecule has 1 aromatic heterocycles. The van der Waals surface area contributed by atoms with Crippen LogP contribution in [0, 0.1) is 6.92 Å². The van der Waals surface area contributed by atoms with Crippen molar-refractivity contribution in [1.29, 1.82) is 0 Å². The summed E-state index contributed by atoms with van der Waals surface area (Å²) in [5, 5.41) is 4.81. The topological polar surface area (TPSA) is 102 Å². The maximum absolute atomic E-state index is 12.1. The van der Waals surface area contributed by atoms with Crippen LogP contribution in [0.15, 0.2) is 28.8 Å². The maximum Gasteiger partial charge on any atom is 0.257 e. The number of amides is 1. The van der Waals surface area contributed by atoms with E-state index in [2.05, 4.69) is 15.5 Å². The zero-order valence-corrected chi connectivity index (χ0v) is 13.3. The molecule has 1 heterocycles. The van der Waals surface area contributed by atoms with E-state index in [9.17, 15) is 13.2 Å². The van der Waals surface area contributed by atoms with Crippen LogP contribution in [0.2, 0.25) is 0 Å². The van der Waals surface area contributed by atoms with Crippen molar-refractivity contribution in [3.05, 3.63) is 35.7 Å². The average molecular weight is 323 g/mol. The largest absolute Gasteiger partial charge is 0.358 e. The Morgan fingerprint density at radius 3 is 2.55 bits per heavy atom. The Morgan fingerprint density at radius 2 is 1.95 bits per heavy atom. The van der Waals surface area contributed by atoms with Crippen molar-refractivity contribution >= 4 is 15.7 Å². The SMILES string of the molecule is CNC(=O)[C@H](C)S(=O)(=O)Cc1noc(-c2ccc(C)cc2)n1. The molecule has 2 aromatic rings. The minimum absolute atomic E-state index is 0.0336. The van der Waals surface area contributed by atoms with Crippen LogP contribution in [0.3, 0.4) is 0 Å². The smallest absolute Gasteiger partial charge is 0.257 e. The Bertz CT molecular complexity index is 766. The van der Waals surface area contributed by atoms with Crippen LogP contribution in [-0.4, -0.2) is 36.8 Å². The molecule has 0 unspecified atom stereocenters. The van der Waals surface area contributed by atoms with Gasteiger partial charge in [0.1, 0.15) is 11.0 Å². The Morgan fingerprint density at radius 1 is 1.32 bits per heavy atom. The quantitative estimate of drug-likeness (QED) is 0.884. The van der Waals surface area contributed by atoms with Gasteiger partial charge in [0.2, 0.25) is 5.91 Å². The zero-order chi connectivity index (χ0) is 16.3. The predicted molar refractivity (Wildman–Crippen MR) is 80.6 cm³/mol. The minimum Gasteiger partial charge on any atom is -0.358 e. The van der Waals surface area contributed by atoms with Gasteiger partial charge in [-0.3, -0.25) is 4.79 Å². The zero-order valence-electron chi connectivity index (χ0n) is 12.5. The van der Waals surface area contributed by atoms with Gasteiger partial charge < -0.3 is 9.84 Å². The third kappa shape index (κ3) is 3.51. The van der Waals surface area contributed by atoms with Crippen molar-refractivity contribution in [3.8, 4) is 11.5 Å². The number of aryl methyl sites for hydroxylation is 1. The molecule has 8 heteroatoms. The normalized spacial score (nSPS) is 12.9. The number of hydrogen-bond donors (Lipinski definition) is 1. The molecule has 1 atom stereocenters. The summed E-state index contributed by atoms with van der Waals surface area (Å²) in [6.45, 7) is 3.28. The van der Waals surface area contributed by atoms with Crippen molar-refractivity contribution in [3.63, 3.8) is 0 Å². The van der Waals surface area contributed by atoms with E-state index in [1.54, 1.807) is 0 Å². The second kappa shape index (κ2) is 6.27. The first-order valence-electron chi connectivity index (χ1n) is 6.66. The molecule has 7 nitrogen and oxygen atoms in total. The molecule has 1 N–H and O–H groups in total. The Labute approximate surface area is 128 Å². The number of sulfone groups is 1. The standard InChI is InChI=1S/C14H17N3O4S/c1-9-4-6-11(7-5-9)14-16-12(17-21-14)8-22(19,20)10(2)13(18)15-3/h4-7,10H,8H2,1-3H3,(H,15,18)/t10-/m0/s1. The summed E-state index contributed by atoms with van der Waals surface area (Å²) in [4.78, 5) is 15.5. The Balaban J connectivity index is 2.18. The highest BCUT2D eigenvalue weighted by molar-refractivity contribution is 7.92. The van der Waals surface area contributed by atoms with E-state index in [-0.39, 0.29) is 11.7 Å². The molecule has 118 valence electrons. The third-order valence-corrected chi connectivity index (χ3v) is 5.20. The van der Waals surface area contributed by atoms with Gasteiger partial charge in [0.25, 0.3) is 5.89 Å². The summed E-state index contributed by atoms with van der Waals surface area (Å²) in [5.74, 6) is -0.733. The summed E-state index contributed by atoms with van der Waals surface area (Å²) >= 11 is 0. The molecular weight excluding hydrogens is 306 g/mol. The van der Waals surface area contributed by atoms with E-state index in [0.717, 1.165) is 5.56 Å². The highest BCUT2D eigenvalue weighted by atomic mass is 32.2. The van der Waals surface area contributed by atoms with Crippen molar-refractivity contribution in [2.75, 3.05) is 7.05 Å². The van der Waals surface area contributed by atoms with Crippen LogP contribution in [0.5, 0.6) is 0 Å². The average Bonchev–Trinajstić information content (AvgIpc) is 2.94. The van der Waals surface area contributed by atoms with E-state index in [4.69, 9.17) is 4.52 Å². The molecule has 0 fully saturated rings. The van der Waals surface area contributed by atoms with Crippen LogP contribution in [0.25, 0.3) is 11.5 Å². The molecule has 1 aromatic carbocycles. The molecule has 1 amide bonds. The first kappa shape index (κ1) is 16.2. The number of nitrogens with zero attached hydrogens (tertiary/aromatic N) is 2. The van der Waals surface area contributed by atoms with Crippen molar-refractivity contribution < 1.29 is 17.7 Å². The summed E-state index contributed by atoms with van der Waals surface area (Å²) < 4.78 is 29.3. The van der Waals surface area contributed by atoms with Gasteiger partial charge in [-0.25, -0.2) is 8.42 Å². The fraction of sp³-hybridized carbons (Fsp3) is 0.357. The summed E-state index contributed by atoms with van der Waals surface area (Å²) in [6, 6.07) is 7.41. The molecule has 0 bridgehead atoms. The lowest BCUT2D eigenvalue weighted by atomic mass is 10.1. The number of benzene rings is 1. The van der Waals surface area contributed by atoms with Crippen LogP contribution >= 0.6 is 0 Å². The lowest BCUT2D eigenvalue weighted by Gasteiger charge is -2.09. The predicted octanol–water partition coefficient (Wildman–Crippen LogP) is 1.09. The number of carbonyl (C=O) groups excluding carboxylic acids is 1. The molecule has 0 aliphatic carbocycles. The highest BCUT2D eigenvalue weighted by Crippen LogP contribution is 2.19. The second-order valence-corrected chi connectivity index (χ2v) is 7.27. The highest BCUT2D eigenvalue weighted by Gasteiger charge is 2.29. The number of aromatic nitrogens is 2. The second-order valence-electron chi connectivity index (χ2n) is 4.95. The maximum atomic E-state index is 12.1. The summed E-state index contributed by atoms with van der Waals surface area (Å²) in [6.07, 6.45) is 0. The van der Waals surface area contributed by atoms with Gasteiger partial charge in [-0.05, 0) is 26.0 Å². The Hall–Kier alpha value is -2.22. The molecule has 0 spiro atoms. The number of rotatable bonds is 5. The van der Waals surface area contributed by atoms with Crippen LogP contribution in [-0.2, 0) is 20.4 Å². The molecule has 0 radical (unpaired) electrons. The molecule has 0 aliphatic heterocycles. The molecular formula is C14H17N3O4S. The summed E-state index contributed by atoms with van der Waals surface area (Å²) in [7, 11) is -2.31. The minimum atomic E-state index is -3.70. The summed E-state index contributed by atoms with van der Waals surface area (Å²) in [5.41, 5.74) is 1.80. The van der Waals surface area contributed by atoms with E-state index in [0.29, 0.717) is 5.56 Å². The molecule has 22 heavy (non-hydrogen) atoms. The van der Waals surface area contributed by atoms with Crippen molar-refractivity contribution in [2.45, 2.75) is 24.9 Å². The van der Waals surface area contributed by atoms with Gasteiger partial charge >= 0.3 is 0 Å². The molecule has 0 saturated carbocycles. The molecule has 0 aliphatic rings. The van der Waals surface area contributed by atoms with Gasteiger partial charge in [0.05, 0.1) is 0 Å². The van der Waals surface area contributed by atoms with E-state index < -0.39 is 26.7 Å². The number of carbonyl (C=O) groups is 1. The fourth-order valence-corrected chi connectivity index (χ4v) is 2.97. The monoisotopic (exact) mass is 323 g/mol. The van der Waals surface area contributed by atoms with Crippen LogP contribution < -0.4 is 5.32 Å². The third-order valence-electron chi connectivity index (χ3n) is 3.25. The van der Waals surface area contributed by atoms with Gasteiger partial charge in [0, 0.05) is 12.6 Å². The van der Waals surface area contributed by atoms with Gasteiger partial charge in [-0.15, -0.1) is 0 Å². The number of nitrogens with one attached hydrogen (secondary N) is 1. The van der Waals surface area contributed by atoms with Crippen molar-refractivity contribution in [2.24, 2.45) is 0 Å². The molecule has 0 saturated heterocycles. The molecule has 2 rings (SSSR count). The van der Waals surface area contributed by atoms with E-state index in [1.807, 2.05) is 31.2 Å². The van der Waals surface area contributed by atoms with E-state index >= 15 is 0 Å². The Kier molecular flexibility index (Phi) is 4.60. The van der Waals surface area contributed by atoms with Crippen LogP contribution in [0.1, 0.15) is 18.3 Å². The lowest BCUT2D eigenvalue weighted by Crippen LogP contribution is -2.36. The van der Waals surface area contributed by atoms with Crippen molar-refractivity contribution in [1.82, 2.24) is 15.5 Å². The first-order chi connectivity index (χ1) is 10.3. The van der Waals surface area contributed by atoms with Gasteiger partial charge in [0.15, 0.2) is 15.7 Å². The van der Waals surface area contributed by atoms with Gasteiger partial charge in [-0.1, -0.05) is 22.9 Å². The van der Waals surface area contributed by atoms with Gasteiger partial charge in [-0.2, -0.15) is 4.98 Å². The first-order valence-corrected chi connectivity index (χ1v) is 8.38. The lowest BCUT2D eigenvalue weighted by molar-refractivity contribution is -0.119. The van der Waals surface area contributed by atoms with E-state index in [1.165, 1.54) is 14.0 Å².